The Bertz CT molecular complexity index is 1310. The van der Waals surface area contributed by atoms with Crippen molar-refractivity contribution in [1.82, 2.24) is 25.0 Å². The number of hydrogen-bond donors (Lipinski definition) is 2. The molecule has 0 saturated heterocycles. The van der Waals surface area contributed by atoms with Gasteiger partial charge in [-0.2, -0.15) is 10.2 Å². The SMILES string of the molecule is CCOC1CCC(n2ncc(NC(=O)c3coc(-c4cn[nH]c4)n3)c2-c2cc(F)ccc2F)CC1. The largest absolute Gasteiger partial charge is 0.444 e. The van der Waals surface area contributed by atoms with Crippen molar-refractivity contribution >= 4 is 11.6 Å². The fourth-order valence-electron chi connectivity index (χ4n) is 4.44. The summed E-state index contributed by atoms with van der Waals surface area (Å²) in [6.45, 7) is 2.61. The first-order chi connectivity index (χ1) is 17.0. The topological polar surface area (TPSA) is 111 Å². The fraction of sp³-hybridized carbons (Fsp3) is 0.333. The lowest BCUT2D eigenvalue weighted by Crippen LogP contribution is -2.25. The van der Waals surface area contributed by atoms with Crippen molar-refractivity contribution in [2.75, 3.05) is 11.9 Å². The summed E-state index contributed by atoms with van der Waals surface area (Å²) in [6, 6.07) is 3.18. The van der Waals surface area contributed by atoms with E-state index in [1.165, 1.54) is 18.7 Å². The third-order valence-electron chi connectivity index (χ3n) is 6.10. The van der Waals surface area contributed by atoms with E-state index in [1.807, 2.05) is 6.92 Å². The number of amides is 1. The third-order valence-corrected chi connectivity index (χ3v) is 6.10. The van der Waals surface area contributed by atoms with Crippen molar-refractivity contribution in [2.24, 2.45) is 0 Å². The van der Waals surface area contributed by atoms with Crippen LogP contribution in [0.15, 0.2) is 47.5 Å². The van der Waals surface area contributed by atoms with Gasteiger partial charge in [0.2, 0.25) is 5.89 Å². The minimum Gasteiger partial charge on any atom is -0.444 e. The third kappa shape index (κ3) is 4.72. The molecule has 2 N–H and O–H groups in total. The summed E-state index contributed by atoms with van der Waals surface area (Å²) < 4.78 is 41.8. The quantitative estimate of drug-likeness (QED) is 0.384. The van der Waals surface area contributed by atoms with Crippen LogP contribution in [0.3, 0.4) is 0 Å². The van der Waals surface area contributed by atoms with Crippen molar-refractivity contribution in [3.05, 3.63) is 60.4 Å². The Labute approximate surface area is 199 Å². The molecule has 1 aliphatic carbocycles. The van der Waals surface area contributed by atoms with Crippen LogP contribution < -0.4 is 5.32 Å². The maximum absolute atomic E-state index is 14.9. The van der Waals surface area contributed by atoms with E-state index in [0.717, 1.165) is 43.9 Å². The van der Waals surface area contributed by atoms with Gasteiger partial charge in [-0.15, -0.1) is 0 Å². The van der Waals surface area contributed by atoms with Crippen LogP contribution in [-0.2, 0) is 4.74 Å². The van der Waals surface area contributed by atoms with Crippen LogP contribution >= 0.6 is 0 Å². The number of rotatable bonds is 7. The summed E-state index contributed by atoms with van der Waals surface area (Å²) in [6.07, 6.45) is 9.15. The number of nitrogens with one attached hydrogen (secondary N) is 2. The molecule has 9 nitrogen and oxygen atoms in total. The van der Waals surface area contributed by atoms with Gasteiger partial charge in [0, 0.05) is 18.4 Å². The monoisotopic (exact) mass is 482 g/mol. The normalized spacial score (nSPS) is 18.0. The molecule has 0 atom stereocenters. The summed E-state index contributed by atoms with van der Waals surface area (Å²) >= 11 is 0. The van der Waals surface area contributed by atoms with E-state index in [0.29, 0.717) is 17.9 Å². The van der Waals surface area contributed by atoms with E-state index in [-0.39, 0.29) is 35.0 Å². The summed E-state index contributed by atoms with van der Waals surface area (Å²) in [5.74, 6) is -1.55. The highest BCUT2D eigenvalue weighted by Gasteiger charge is 2.28. The van der Waals surface area contributed by atoms with Gasteiger partial charge in [-0.1, -0.05) is 0 Å². The molecule has 1 aromatic carbocycles. The van der Waals surface area contributed by atoms with Crippen LogP contribution in [0.5, 0.6) is 0 Å². The van der Waals surface area contributed by atoms with Crippen LogP contribution in [-0.4, -0.2) is 43.6 Å². The van der Waals surface area contributed by atoms with Crippen LogP contribution in [0, 0.1) is 11.6 Å². The molecule has 1 aliphatic rings. The molecule has 3 heterocycles. The molecular formula is C24H24F2N6O3. The zero-order valence-electron chi connectivity index (χ0n) is 19.0. The molecular weight excluding hydrogens is 458 g/mol. The van der Waals surface area contributed by atoms with E-state index >= 15 is 0 Å². The Morgan fingerprint density at radius 3 is 2.83 bits per heavy atom. The molecule has 3 aromatic heterocycles. The lowest BCUT2D eigenvalue weighted by atomic mass is 9.92. The minimum atomic E-state index is -0.615. The van der Waals surface area contributed by atoms with Crippen LogP contribution in [0.2, 0.25) is 0 Å². The van der Waals surface area contributed by atoms with Gasteiger partial charge in [0.05, 0.1) is 41.5 Å². The highest BCUT2D eigenvalue weighted by Crippen LogP contribution is 2.38. The molecule has 0 bridgehead atoms. The number of aromatic amines is 1. The van der Waals surface area contributed by atoms with E-state index < -0.39 is 17.5 Å². The van der Waals surface area contributed by atoms with Crippen LogP contribution in [0.4, 0.5) is 14.5 Å². The standard InChI is InChI=1S/C24H24F2N6O3/c1-2-34-17-6-4-16(5-7-17)32-22(18-9-15(25)3-8-19(18)26)20(12-29-32)30-23(33)21-13-35-24(31-21)14-10-27-28-11-14/h3,8-13,16-17H,2,4-7H2,1H3,(H,27,28)(H,30,33). The lowest BCUT2D eigenvalue weighted by molar-refractivity contribution is 0.0261. The van der Waals surface area contributed by atoms with Crippen LogP contribution in [0.1, 0.15) is 49.1 Å². The van der Waals surface area contributed by atoms with E-state index in [4.69, 9.17) is 9.15 Å². The van der Waals surface area contributed by atoms with Gasteiger partial charge in [0.15, 0.2) is 5.69 Å². The Balaban J connectivity index is 1.46. The summed E-state index contributed by atoms with van der Waals surface area (Å²) in [5.41, 5.74) is 1.18. The Hall–Kier alpha value is -3.86. The molecule has 11 heteroatoms. The smallest absolute Gasteiger partial charge is 0.277 e. The van der Waals surface area contributed by atoms with Gasteiger partial charge in [-0.25, -0.2) is 13.8 Å². The number of oxazole rings is 1. The number of benzene rings is 1. The predicted molar refractivity (Wildman–Crippen MR) is 123 cm³/mol. The molecule has 1 saturated carbocycles. The van der Waals surface area contributed by atoms with Crippen molar-refractivity contribution in [3.63, 3.8) is 0 Å². The highest BCUT2D eigenvalue weighted by molar-refractivity contribution is 6.04. The molecule has 0 spiro atoms. The first-order valence-corrected chi connectivity index (χ1v) is 11.4. The predicted octanol–water partition coefficient (Wildman–Crippen LogP) is 4.98. The molecule has 0 aliphatic heterocycles. The molecule has 182 valence electrons. The van der Waals surface area contributed by atoms with E-state index in [9.17, 15) is 13.6 Å². The van der Waals surface area contributed by atoms with Gasteiger partial charge < -0.3 is 14.5 Å². The number of H-pyrrole nitrogens is 1. The summed E-state index contributed by atoms with van der Waals surface area (Å²) in [4.78, 5) is 17.1. The first-order valence-electron chi connectivity index (χ1n) is 11.4. The number of aromatic nitrogens is 5. The van der Waals surface area contributed by atoms with E-state index in [2.05, 4.69) is 25.6 Å². The van der Waals surface area contributed by atoms with Crippen LogP contribution in [0.25, 0.3) is 22.7 Å². The van der Waals surface area contributed by atoms with Gasteiger partial charge >= 0.3 is 0 Å². The second-order valence-corrected chi connectivity index (χ2v) is 8.34. The number of carbonyl (C=O) groups is 1. The van der Waals surface area contributed by atoms with E-state index in [1.54, 1.807) is 10.9 Å². The fourth-order valence-corrected chi connectivity index (χ4v) is 4.44. The van der Waals surface area contributed by atoms with Crippen molar-refractivity contribution in [3.8, 4) is 22.7 Å². The first kappa shape index (κ1) is 22.9. The Kier molecular flexibility index (Phi) is 6.41. The van der Waals surface area contributed by atoms with Crippen molar-refractivity contribution < 1.29 is 22.7 Å². The lowest BCUT2D eigenvalue weighted by Gasteiger charge is -2.29. The Morgan fingerprint density at radius 2 is 2.09 bits per heavy atom. The summed E-state index contributed by atoms with van der Waals surface area (Å²) in [7, 11) is 0. The molecule has 1 fully saturated rings. The minimum absolute atomic E-state index is 0.0176. The number of carbonyl (C=O) groups excluding carboxylic acids is 1. The Morgan fingerprint density at radius 1 is 1.26 bits per heavy atom. The number of anilines is 1. The number of ether oxygens (including phenoxy) is 1. The average molecular weight is 482 g/mol. The molecule has 4 aromatic rings. The second kappa shape index (κ2) is 9.79. The molecule has 35 heavy (non-hydrogen) atoms. The summed E-state index contributed by atoms with van der Waals surface area (Å²) in [5, 5.41) is 13.7. The maximum atomic E-state index is 14.9. The van der Waals surface area contributed by atoms with Crippen molar-refractivity contribution in [2.45, 2.75) is 44.8 Å². The van der Waals surface area contributed by atoms with Gasteiger partial charge in [-0.05, 0) is 50.8 Å². The number of halogens is 2. The average Bonchev–Trinajstić information content (AvgIpc) is 3.62. The van der Waals surface area contributed by atoms with Gasteiger partial charge in [-0.3, -0.25) is 14.6 Å². The molecule has 0 unspecified atom stereocenters. The highest BCUT2D eigenvalue weighted by atomic mass is 19.1. The zero-order chi connectivity index (χ0) is 24.4. The maximum Gasteiger partial charge on any atom is 0.277 e. The molecule has 5 rings (SSSR count). The van der Waals surface area contributed by atoms with Gasteiger partial charge in [0.25, 0.3) is 5.91 Å². The zero-order valence-corrected chi connectivity index (χ0v) is 19.0. The second-order valence-electron chi connectivity index (χ2n) is 8.34. The van der Waals surface area contributed by atoms with Crippen molar-refractivity contribution in [1.29, 1.82) is 0 Å². The molecule has 0 radical (unpaired) electrons. The van der Waals surface area contributed by atoms with Gasteiger partial charge in [0.1, 0.15) is 17.9 Å². The number of nitrogens with zero attached hydrogens (tertiary/aromatic N) is 4. The number of hydrogen-bond acceptors (Lipinski definition) is 6. The molecule has 1 amide bonds.